The van der Waals surface area contributed by atoms with Gasteiger partial charge in [0, 0.05) is 70.8 Å². The van der Waals surface area contributed by atoms with E-state index in [0.717, 1.165) is 31.2 Å². The minimum absolute atomic E-state index is 0.00528. The van der Waals surface area contributed by atoms with Gasteiger partial charge in [-0.3, -0.25) is 52.9 Å². The van der Waals surface area contributed by atoms with Crippen molar-refractivity contribution in [3.8, 4) is 0 Å². The van der Waals surface area contributed by atoms with Crippen molar-refractivity contribution in [1.29, 1.82) is 0 Å². The van der Waals surface area contributed by atoms with Crippen LogP contribution in [0.15, 0.2) is 54.6 Å². The smallest absolute Gasteiger partial charge is 0.266 e. The number of hydroxylamine groups is 1. The summed E-state index contributed by atoms with van der Waals surface area (Å²) in [5.74, 6) is -4.05. The Kier molecular flexibility index (Phi) is 31.3. The van der Waals surface area contributed by atoms with E-state index in [1.807, 2.05) is 90.9 Å². The van der Waals surface area contributed by atoms with E-state index in [0.29, 0.717) is 62.7 Å². The Hall–Kier alpha value is -6.49. The standard InChI is InChI=1S/C69H110N10O12/c1-14-45(6)61(78(11)69(88)59(43(2)3)75-68(87)60(44(4)5)77(9)10)56(89-12)41-58(81)79-39-23-28-55(79)62(90-13)46(7)63(82)74-54(40-48-24-19-18-20-25-48)67(86)76-91-42-49-29-35-53(36-30-49)72-64(83)47(8)71-57(80)37-38-70-65(84)50-31-33-51(34-32-50)66(85)73-52-26-21-16-15-17-22-27-52/h18-20,24-25,29-30,35-36,43-47,50-52,54-56,59-62H,14-17,21-23,26-28,31-34,37-42H2,1-13H3,(H,70,84)(H,71,80)(H,72,83)(H,73,85)(H,74,82)(H,75,87)(H,76,86)/t45-,46+,47+,50?,51?,54-,55-,56+,59-,60-,61-,62+/m0/s1. The quantitative estimate of drug-likeness (QED) is 0.0372. The highest BCUT2D eigenvalue weighted by Gasteiger charge is 2.44. The molecular formula is C69H110N10O12. The van der Waals surface area contributed by atoms with Gasteiger partial charge in [-0.15, -0.1) is 0 Å². The van der Waals surface area contributed by atoms with Crippen molar-refractivity contribution in [1.82, 2.24) is 46.8 Å². The monoisotopic (exact) mass is 1270 g/mol. The van der Waals surface area contributed by atoms with Crippen molar-refractivity contribution in [2.75, 3.05) is 53.8 Å². The van der Waals surface area contributed by atoms with Crippen LogP contribution in [-0.2, 0) is 70.5 Å². The summed E-state index contributed by atoms with van der Waals surface area (Å²) in [6, 6.07) is 12.0. The zero-order valence-electron chi connectivity index (χ0n) is 56.7. The predicted octanol–water partition coefficient (Wildman–Crippen LogP) is 6.59. The summed E-state index contributed by atoms with van der Waals surface area (Å²) in [6.07, 6.45) is 11.2. The van der Waals surface area contributed by atoms with Crippen molar-refractivity contribution in [2.24, 2.45) is 35.5 Å². The zero-order valence-corrected chi connectivity index (χ0v) is 56.7. The number of benzene rings is 2. The first-order chi connectivity index (χ1) is 43.4. The molecule has 508 valence electrons. The molecule has 2 aromatic rings. The van der Waals surface area contributed by atoms with Gasteiger partial charge in [-0.2, -0.15) is 0 Å². The summed E-state index contributed by atoms with van der Waals surface area (Å²) in [6.45, 7) is 15.5. The molecule has 0 aromatic heterocycles. The molecule has 10 atom stereocenters. The molecule has 7 N–H and O–H groups in total. The maximum atomic E-state index is 14.6. The van der Waals surface area contributed by atoms with Crippen LogP contribution in [0.3, 0.4) is 0 Å². The molecule has 2 aromatic carbocycles. The van der Waals surface area contributed by atoms with Gasteiger partial charge in [0.05, 0.1) is 49.3 Å². The zero-order chi connectivity index (χ0) is 66.9. The molecule has 91 heavy (non-hydrogen) atoms. The molecule has 0 unspecified atom stereocenters. The van der Waals surface area contributed by atoms with Crippen molar-refractivity contribution in [2.45, 2.75) is 226 Å². The Morgan fingerprint density at radius 1 is 0.648 bits per heavy atom. The molecule has 0 radical (unpaired) electrons. The van der Waals surface area contributed by atoms with E-state index in [4.69, 9.17) is 14.3 Å². The maximum absolute atomic E-state index is 14.6. The Morgan fingerprint density at radius 2 is 1.27 bits per heavy atom. The number of hydrogen-bond donors (Lipinski definition) is 7. The van der Waals surface area contributed by atoms with E-state index >= 15 is 0 Å². The fourth-order valence-electron chi connectivity index (χ4n) is 13.3. The first-order valence-corrected chi connectivity index (χ1v) is 33.5. The molecule has 2 aliphatic carbocycles. The van der Waals surface area contributed by atoms with Gasteiger partial charge in [0.2, 0.25) is 47.3 Å². The van der Waals surface area contributed by atoms with Crippen LogP contribution in [0.25, 0.3) is 0 Å². The SMILES string of the molecule is CC[C@H](C)[C@@H]([C@@H](CC(=O)N1CCC[C@H]1[C@H](OC)[C@@H](C)C(=O)N[C@@H](Cc1ccccc1)C(=O)NOCc1ccc(NC(=O)[C@@H](C)NC(=O)CCNC(=O)C2CCC(C(=O)NC3CCCCCCC3)CC2)cc1)OC)N(C)C(=O)[C@@H](NC(=O)[C@H](C(C)C)N(C)C)C(C)C. The average molecular weight is 1270 g/mol. The third kappa shape index (κ3) is 22.9. The Labute approximate surface area is 541 Å². The van der Waals surface area contributed by atoms with E-state index in [9.17, 15) is 43.2 Å². The fourth-order valence-corrected chi connectivity index (χ4v) is 13.3. The second kappa shape index (κ2) is 37.9. The summed E-state index contributed by atoms with van der Waals surface area (Å²) >= 11 is 0. The Balaban J connectivity index is 1.10. The van der Waals surface area contributed by atoms with E-state index in [2.05, 4.69) is 37.4 Å². The van der Waals surface area contributed by atoms with Gasteiger partial charge < -0.3 is 51.2 Å². The Bertz CT molecular complexity index is 2640. The largest absolute Gasteiger partial charge is 0.379 e. The third-order valence-electron chi connectivity index (χ3n) is 18.8. The van der Waals surface area contributed by atoms with Crippen LogP contribution in [0.2, 0.25) is 0 Å². The number of carbonyl (C=O) groups is 9. The lowest BCUT2D eigenvalue weighted by Gasteiger charge is -2.41. The van der Waals surface area contributed by atoms with Crippen LogP contribution in [0.5, 0.6) is 0 Å². The van der Waals surface area contributed by atoms with Crippen LogP contribution in [0.4, 0.5) is 5.69 Å². The number of nitrogens with zero attached hydrogens (tertiary/aromatic N) is 3. The molecular weight excluding hydrogens is 1160 g/mol. The molecule has 3 fully saturated rings. The highest BCUT2D eigenvalue weighted by atomic mass is 16.7. The van der Waals surface area contributed by atoms with Crippen molar-refractivity contribution < 1.29 is 57.5 Å². The number of likely N-dealkylation sites (N-methyl/N-ethyl adjacent to an activating group) is 2. The molecule has 0 bridgehead atoms. The molecule has 2 saturated carbocycles. The number of rotatable bonds is 33. The third-order valence-corrected chi connectivity index (χ3v) is 18.8. The molecule has 0 spiro atoms. The van der Waals surface area contributed by atoms with E-state index in [-0.39, 0.29) is 97.6 Å². The fraction of sp³-hybridized carbons (Fsp3) is 0.696. The van der Waals surface area contributed by atoms with Crippen LogP contribution in [0, 0.1) is 35.5 Å². The highest BCUT2D eigenvalue weighted by molar-refractivity contribution is 5.97. The summed E-state index contributed by atoms with van der Waals surface area (Å²) in [7, 11) is 8.43. The highest BCUT2D eigenvalue weighted by Crippen LogP contribution is 2.32. The molecule has 3 aliphatic rings. The van der Waals surface area contributed by atoms with E-state index in [1.54, 1.807) is 55.0 Å². The number of methoxy groups -OCH3 is 2. The predicted molar refractivity (Wildman–Crippen MR) is 350 cm³/mol. The summed E-state index contributed by atoms with van der Waals surface area (Å²) in [5.41, 5.74) is 4.41. The van der Waals surface area contributed by atoms with E-state index in [1.165, 1.54) is 33.5 Å². The molecule has 9 amide bonds. The lowest BCUT2D eigenvalue weighted by Crippen LogP contribution is -2.59. The van der Waals surface area contributed by atoms with Crippen LogP contribution in [-0.4, -0.2) is 171 Å². The topological polar surface area (TPSA) is 275 Å². The first-order valence-electron chi connectivity index (χ1n) is 33.5. The molecule has 1 aliphatic heterocycles. The molecule has 1 saturated heterocycles. The summed E-state index contributed by atoms with van der Waals surface area (Å²) < 4.78 is 12.2. The molecule has 1 heterocycles. The van der Waals surface area contributed by atoms with Gasteiger partial charge >= 0.3 is 0 Å². The average Bonchev–Trinajstić information content (AvgIpc) is 2.39. The van der Waals surface area contributed by atoms with Crippen LogP contribution in [0.1, 0.15) is 169 Å². The van der Waals surface area contributed by atoms with Crippen LogP contribution < -0.4 is 37.4 Å². The second-order valence-electron chi connectivity index (χ2n) is 26.6. The van der Waals surface area contributed by atoms with E-state index < -0.39 is 78.0 Å². The number of carbonyl (C=O) groups excluding carboxylic acids is 9. The lowest BCUT2D eigenvalue weighted by atomic mass is 9.81. The van der Waals surface area contributed by atoms with Crippen LogP contribution >= 0.6 is 0 Å². The van der Waals surface area contributed by atoms with Gasteiger partial charge in [0.25, 0.3) is 5.91 Å². The minimum atomic E-state index is -1.07. The van der Waals surface area contributed by atoms with Crippen molar-refractivity contribution >= 4 is 58.9 Å². The number of anilines is 1. The van der Waals surface area contributed by atoms with Gasteiger partial charge in [-0.25, -0.2) is 5.48 Å². The molecule has 22 nitrogen and oxygen atoms in total. The van der Waals surface area contributed by atoms with Crippen molar-refractivity contribution in [3.63, 3.8) is 0 Å². The van der Waals surface area contributed by atoms with Crippen molar-refractivity contribution in [3.05, 3.63) is 65.7 Å². The van der Waals surface area contributed by atoms with Gasteiger partial charge in [-0.1, -0.05) is 129 Å². The normalized spacial score (nSPS) is 20.3. The number of amides is 9. The molecule has 5 rings (SSSR count). The van der Waals surface area contributed by atoms with Gasteiger partial charge in [0.15, 0.2) is 0 Å². The van der Waals surface area contributed by atoms with Gasteiger partial charge in [-0.05, 0) is 113 Å². The Morgan fingerprint density at radius 3 is 1.86 bits per heavy atom. The number of likely N-dealkylation sites (tertiary alicyclic amines) is 1. The maximum Gasteiger partial charge on any atom is 0.266 e. The lowest BCUT2D eigenvalue weighted by molar-refractivity contribution is -0.148. The van der Waals surface area contributed by atoms with Gasteiger partial charge in [0.1, 0.15) is 18.1 Å². The summed E-state index contributed by atoms with van der Waals surface area (Å²) in [5, 5.41) is 17.6. The number of ether oxygens (including phenoxy) is 2. The second-order valence-corrected chi connectivity index (χ2v) is 26.6. The number of nitrogens with one attached hydrogen (secondary N) is 7. The molecule has 22 heteroatoms. The number of hydrogen-bond acceptors (Lipinski definition) is 13. The first kappa shape index (κ1) is 75.2. The summed E-state index contributed by atoms with van der Waals surface area (Å²) in [4.78, 5) is 134. The minimum Gasteiger partial charge on any atom is -0.379 e.